The molecule has 3 aromatic carbocycles. The zero-order chi connectivity index (χ0) is 22.0. The van der Waals surface area contributed by atoms with Crippen LogP contribution in [0.5, 0.6) is 5.75 Å². The average Bonchev–Trinajstić information content (AvgIpc) is 3.12. The van der Waals surface area contributed by atoms with Crippen LogP contribution in [-0.2, 0) is 11.3 Å². The summed E-state index contributed by atoms with van der Waals surface area (Å²) in [6, 6.07) is 15.9. The molecule has 0 spiro atoms. The number of non-ortho nitro benzene ring substituents is 1. The van der Waals surface area contributed by atoms with Crippen molar-refractivity contribution in [1.29, 1.82) is 0 Å². The topological polar surface area (TPSA) is 96.0 Å². The minimum absolute atomic E-state index is 0.0123. The van der Waals surface area contributed by atoms with Crippen molar-refractivity contribution >= 4 is 43.9 Å². The number of methoxy groups -OCH3 is 2. The molecule has 1 heterocycles. The van der Waals surface area contributed by atoms with Crippen LogP contribution in [0.2, 0.25) is 0 Å². The highest BCUT2D eigenvalue weighted by atomic mass is 32.1. The van der Waals surface area contributed by atoms with Gasteiger partial charge in [0.15, 0.2) is 4.80 Å². The lowest BCUT2D eigenvalue weighted by molar-refractivity contribution is -0.384. The number of rotatable bonds is 6. The maximum atomic E-state index is 13.1. The van der Waals surface area contributed by atoms with Crippen LogP contribution < -0.4 is 9.54 Å². The molecule has 4 aromatic rings. The fourth-order valence-corrected chi connectivity index (χ4v) is 4.45. The molecule has 0 aliphatic rings. The minimum Gasteiger partial charge on any atom is -0.496 e. The molecule has 4 rings (SSSR count). The fourth-order valence-electron chi connectivity index (χ4n) is 3.36. The lowest BCUT2D eigenvalue weighted by atomic mass is 10.1. The van der Waals surface area contributed by atoms with E-state index in [1.165, 1.54) is 30.6 Å². The summed E-state index contributed by atoms with van der Waals surface area (Å²) in [7, 11) is 3.10. The Balaban J connectivity index is 1.87. The molecule has 0 aliphatic heterocycles. The first-order valence-corrected chi connectivity index (χ1v) is 10.3. The third kappa shape index (κ3) is 4.05. The molecule has 0 saturated carbocycles. The second-order valence-electron chi connectivity index (χ2n) is 6.75. The van der Waals surface area contributed by atoms with Crippen LogP contribution in [0.4, 0.5) is 5.69 Å². The van der Waals surface area contributed by atoms with Gasteiger partial charge in [0.2, 0.25) is 0 Å². The number of ether oxygens (including phenoxy) is 2. The molecule has 0 atom stereocenters. The van der Waals surface area contributed by atoms with Gasteiger partial charge in [-0.25, -0.2) is 0 Å². The van der Waals surface area contributed by atoms with Gasteiger partial charge in [-0.15, -0.1) is 0 Å². The van der Waals surface area contributed by atoms with Crippen molar-refractivity contribution in [3.05, 3.63) is 75.1 Å². The average molecular weight is 437 g/mol. The molecule has 0 saturated heterocycles. The van der Waals surface area contributed by atoms with E-state index in [9.17, 15) is 14.9 Å². The van der Waals surface area contributed by atoms with Crippen molar-refractivity contribution in [1.82, 2.24) is 4.57 Å². The zero-order valence-corrected chi connectivity index (χ0v) is 17.7. The highest BCUT2D eigenvalue weighted by Crippen LogP contribution is 2.27. The van der Waals surface area contributed by atoms with Crippen LogP contribution >= 0.6 is 11.3 Å². The molecule has 1 aromatic heterocycles. The number of carbonyl (C=O) groups excluding carboxylic acids is 1. The standard InChI is InChI=1S/C22H19N3O5S/c1-29-10-9-24-18-8-7-16(25(27)28)13-20(18)31-22(24)23-21(26)17-11-14-5-3-4-6-15(14)12-19(17)30-2/h3-8,11-13H,9-10H2,1-2H3. The number of benzene rings is 3. The molecule has 31 heavy (non-hydrogen) atoms. The first-order chi connectivity index (χ1) is 15.0. The summed E-state index contributed by atoms with van der Waals surface area (Å²) in [6.07, 6.45) is 0. The Morgan fingerprint density at radius 2 is 1.87 bits per heavy atom. The minimum atomic E-state index is -0.449. The number of nitro groups is 1. The van der Waals surface area contributed by atoms with Crippen LogP contribution in [0.15, 0.2) is 59.6 Å². The Labute approximate surface area is 181 Å². The van der Waals surface area contributed by atoms with Crippen LogP contribution in [-0.4, -0.2) is 36.2 Å². The molecule has 0 aliphatic carbocycles. The van der Waals surface area contributed by atoms with Gasteiger partial charge in [0, 0.05) is 25.8 Å². The van der Waals surface area contributed by atoms with E-state index in [1.807, 2.05) is 34.9 Å². The van der Waals surface area contributed by atoms with Gasteiger partial charge in [0.25, 0.3) is 11.6 Å². The SMILES string of the molecule is COCCn1c(=NC(=O)c2cc3ccccc3cc2OC)sc2cc([N+](=O)[O-])ccc21. The van der Waals surface area contributed by atoms with Gasteiger partial charge in [-0.05, 0) is 29.0 Å². The van der Waals surface area contributed by atoms with E-state index in [4.69, 9.17) is 9.47 Å². The second kappa shape index (κ2) is 8.66. The summed E-state index contributed by atoms with van der Waals surface area (Å²) in [5.41, 5.74) is 1.09. The van der Waals surface area contributed by atoms with Crippen molar-refractivity contribution in [3.63, 3.8) is 0 Å². The molecular weight excluding hydrogens is 418 g/mol. The van der Waals surface area contributed by atoms with Gasteiger partial charge < -0.3 is 14.0 Å². The lowest BCUT2D eigenvalue weighted by Gasteiger charge is -2.08. The number of fused-ring (bicyclic) bond motifs is 2. The van der Waals surface area contributed by atoms with E-state index in [0.29, 0.717) is 34.0 Å². The maximum Gasteiger partial charge on any atom is 0.283 e. The highest BCUT2D eigenvalue weighted by molar-refractivity contribution is 7.16. The van der Waals surface area contributed by atoms with Crippen LogP contribution in [0, 0.1) is 10.1 Å². The van der Waals surface area contributed by atoms with E-state index >= 15 is 0 Å². The Kier molecular flexibility index (Phi) is 5.79. The molecule has 8 nitrogen and oxygen atoms in total. The third-order valence-electron chi connectivity index (χ3n) is 4.89. The molecule has 0 unspecified atom stereocenters. The highest BCUT2D eigenvalue weighted by Gasteiger charge is 2.16. The van der Waals surface area contributed by atoms with Crippen LogP contribution in [0.25, 0.3) is 21.0 Å². The number of carbonyl (C=O) groups is 1. The third-order valence-corrected chi connectivity index (χ3v) is 5.93. The van der Waals surface area contributed by atoms with E-state index in [0.717, 1.165) is 16.3 Å². The summed E-state index contributed by atoms with van der Waals surface area (Å²) in [6.45, 7) is 0.860. The van der Waals surface area contributed by atoms with Gasteiger partial charge >= 0.3 is 0 Å². The fraction of sp³-hybridized carbons (Fsp3) is 0.182. The number of aromatic nitrogens is 1. The number of thiazole rings is 1. The van der Waals surface area contributed by atoms with Crippen molar-refractivity contribution < 1.29 is 19.2 Å². The smallest absolute Gasteiger partial charge is 0.283 e. The molecule has 9 heteroatoms. The molecule has 1 amide bonds. The van der Waals surface area contributed by atoms with E-state index < -0.39 is 10.8 Å². The first-order valence-electron chi connectivity index (χ1n) is 9.44. The van der Waals surface area contributed by atoms with E-state index in [-0.39, 0.29) is 5.69 Å². The lowest BCUT2D eigenvalue weighted by Crippen LogP contribution is -2.19. The van der Waals surface area contributed by atoms with Crippen molar-refractivity contribution in [2.75, 3.05) is 20.8 Å². The Morgan fingerprint density at radius 1 is 1.13 bits per heavy atom. The molecular formula is C22H19N3O5S. The maximum absolute atomic E-state index is 13.1. The number of hydrogen-bond acceptors (Lipinski definition) is 6. The summed E-state index contributed by atoms with van der Waals surface area (Å²) in [5.74, 6) is -0.0116. The largest absolute Gasteiger partial charge is 0.496 e. The Hall–Kier alpha value is -3.56. The Bertz CT molecular complexity index is 1370. The number of nitro benzene ring substituents is 1. The predicted molar refractivity (Wildman–Crippen MR) is 119 cm³/mol. The summed E-state index contributed by atoms with van der Waals surface area (Å²) in [4.78, 5) is 28.6. The second-order valence-corrected chi connectivity index (χ2v) is 7.76. The summed E-state index contributed by atoms with van der Waals surface area (Å²) in [5, 5.41) is 13.0. The van der Waals surface area contributed by atoms with Gasteiger partial charge in [0.1, 0.15) is 5.75 Å². The molecule has 0 bridgehead atoms. The molecule has 0 radical (unpaired) electrons. The van der Waals surface area contributed by atoms with Crippen LogP contribution in [0.1, 0.15) is 10.4 Å². The predicted octanol–water partition coefficient (Wildman–Crippen LogP) is 4.16. The monoisotopic (exact) mass is 437 g/mol. The normalized spacial score (nSPS) is 11.9. The van der Waals surface area contributed by atoms with Gasteiger partial charge in [0.05, 0.1) is 34.4 Å². The quantitative estimate of drug-likeness (QED) is 0.333. The Morgan fingerprint density at radius 3 is 2.55 bits per heavy atom. The number of amides is 1. The van der Waals surface area contributed by atoms with E-state index in [2.05, 4.69) is 4.99 Å². The van der Waals surface area contributed by atoms with Crippen molar-refractivity contribution in [2.45, 2.75) is 6.54 Å². The van der Waals surface area contributed by atoms with Crippen molar-refractivity contribution in [3.8, 4) is 5.75 Å². The zero-order valence-electron chi connectivity index (χ0n) is 16.9. The van der Waals surface area contributed by atoms with Crippen LogP contribution in [0.3, 0.4) is 0 Å². The number of nitrogens with zero attached hydrogens (tertiary/aromatic N) is 3. The van der Waals surface area contributed by atoms with Gasteiger partial charge in [-0.2, -0.15) is 4.99 Å². The first kappa shape index (κ1) is 20.7. The summed E-state index contributed by atoms with van der Waals surface area (Å²) < 4.78 is 13.1. The van der Waals surface area contributed by atoms with Gasteiger partial charge in [-0.3, -0.25) is 14.9 Å². The number of hydrogen-bond donors (Lipinski definition) is 0. The molecule has 0 N–H and O–H groups in total. The molecule has 0 fully saturated rings. The molecule has 158 valence electrons. The van der Waals surface area contributed by atoms with Crippen molar-refractivity contribution in [2.24, 2.45) is 4.99 Å². The summed E-state index contributed by atoms with van der Waals surface area (Å²) >= 11 is 1.22. The van der Waals surface area contributed by atoms with Gasteiger partial charge in [-0.1, -0.05) is 35.6 Å². The van der Waals surface area contributed by atoms with E-state index in [1.54, 1.807) is 19.2 Å².